The van der Waals surface area contributed by atoms with Crippen LogP contribution in [-0.4, -0.2) is 35.8 Å². The summed E-state index contributed by atoms with van der Waals surface area (Å²) in [5.74, 6) is 2.71. The predicted octanol–water partition coefficient (Wildman–Crippen LogP) is 5.94. The van der Waals surface area contributed by atoms with Crippen LogP contribution in [0.15, 0.2) is 91.0 Å². The van der Waals surface area contributed by atoms with E-state index in [0.29, 0.717) is 17.2 Å². The standard InChI is InChI=1S/C29H28N4O3/c34-29(21-35-24-12-14-26(15-13-24)36-25-10-3-1-4-11-25)30-23-9-7-8-22(20-23)27-16-17-28(32-31-27)33-18-5-2-6-19-33/h1,3-4,7-17,20H,2,5-6,18-19,21H2,(H,30,34). The van der Waals surface area contributed by atoms with Gasteiger partial charge in [-0.05, 0) is 79.9 Å². The first-order valence-corrected chi connectivity index (χ1v) is 12.2. The van der Waals surface area contributed by atoms with Crippen molar-refractivity contribution in [2.45, 2.75) is 19.3 Å². The molecule has 0 unspecified atom stereocenters. The summed E-state index contributed by atoms with van der Waals surface area (Å²) in [6, 6.07) is 28.3. The van der Waals surface area contributed by atoms with Crippen LogP contribution < -0.4 is 19.7 Å². The average molecular weight is 481 g/mol. The van der Waals surface area contributed by atoms with Crippen LogP contribution in [0.4, 0.5) is 11.5 Å². The summed E-state index contributed by atoms with van der Waals surface area (Å²) >= 11 is 0. The molecule has 1 aromatic heterocycles. The topological polar surface area (TPSA) is 76.6 Å². The zero-order valence-electron chi connectivity index (χ0n) is 20.0. The van der Waals surface area contributed by atoms with Crippen LogP contribution >= 0.6 is 0 Å². The number of ether oxygens (including phenoxy) is 2. The van der Waals surface area contributed by atoms with E-state index in [0.717, 1.165) is 35.9 Å². The normalized spacial score (nSPS) is 13.2. The molecule has 1 aliphatic rings. The maximum absolute atomic E-state index is 12.5. The number of benzene rings is 3. The fraction of sp³-hybridized carbons (Fsp3) is 0.207. The summed E-state index contributed by atoms with van der Waals surface area (Å²) in [6.07, 6.45) is 3.67. The molecule has 0 saturated carbocycles. The van der Waals surface area contributed by atoms with E-state index < -0.39 is 0 Å². The summed E-state index contributed by atoms with van der Waals surface area (Å²) < 4.78 is 11.4. The largest absolute Gasteiger partial charge is 0.484 e. The Labute approximate surface area is 210 Å². The van der Waals surface area contributed by atoms with Gasteiger partial charge in [0.25, 0.3) is 5.91 Å². The van der Waals surface area contributed by atoms with Gasteiger partial charge in [-0.3, -0.25) is 4.79 Å². The van der Waals surface area contributed by atoms with Crippen molar-refractivity contribution in [1.29, 1.82) is 0 Å². The number of hydrogen-bond acceptors (Lipinski definition) is 6. The fourth-order valence-corrected chi connectivity index (χ4v) is 4.10. The van der Waals surface area contributed by atoms with Gasteiger partial charge < -0.3 is 19.7 Å². The highest BCUT2D eigenvalue weighted by Gasteiger charge is 2.13. The van der Waals surface area contributed by atoms with Gasteiger partial charge in [0.1, 0.15) is 17.2 Å². The zero-order valence-corrected chi connectivity index (χ0v) is 20.0. The van der Waals surface area contributed by atoms with E-state index in [1.54, 1.807) is 24.3 Å². The number of aromatic nitrogens is 2. The Morgan fingerprint density at radius 2 is 1.53 bits per heavy atom. The lowest BCUT2D eigenvalue weighted by atomic mass is 10.1. The number of anilines is 2. The molecule has 1 amide bonds. The van der Waals surface area contributed by atoms with Gasteiger partial charge in [0, 0.05) is 24.3 Å². The minimum absolute atomic E-state index is 0.104. The van der Waals surface area contributed by atoms with Crippen molar-refractivity contribution in [2.24, 2.45) is 0 Å². The van der Waals surface area contributed by atoms with Gasteiger partial charge in [0.05, 0.1) is 5.69 Å². The maximum Gasteiger partial charge on any atom is 0.262 e. The van der Waals surface area contributed by atoms with E-state index in [1.165, 1.54) is 19.3 Å². The van der Waals surface area contributed by atoms with Gasteiger partial charge in [-0.2, -0.15) is 0 Å². The summed E-state index contributed by atoms with van der Waals surface area (Å²) in [6.45, 7) is 1.96. The number of carbonyl (C=O) groups is 1. The van der Waals surface area contributed by atoms with E-state index in [9.17, 15) is 4.79 Å². The Balaban J connectivity index is 1.14. The Morgan fingerprint density at radius 1 is 0.778 bits per heavy atom. The molecular weight excluding hydrogens is 452 g/mol. The van der Waals surface area contributed by atoms with Crippen LogP contribution in [0.3, 0.4) is 0 Å². The monoisotopic (exact) mass is 480 g/mol. The maximum atomic E-state index is 12.5. The molecule has 0 bridgehead atoms. The molecule has 36 heavy (non-hydrogen) atoms. The number of piperidine rings is 1. The highest BCUT2D eigenvalue weighted by atomic mass is 16.5. The molecule has 5 rings (SSSR count). The summed E-state index contributed by atoms with van der Waals surface area (Å²) in [4.78, 5) is 14.7. The van der Waals surface area contributed by atoms with Crippen molar-refractivity contribution in [3.8, 4) is 28.5 Å². The SMILES string of the molecule is O=C(COc1ccc(Oc2ccccc2)cc1)Nc1cccc(-c2ccc(N3CCCCC3)nn2)c1. The van der Waals surface area contributed by atoms with Gasteiger partial charge in [-0.25, -0.2) is 0 Å². The highest BCUT2D eigenvalue weighted by Crippen LogP contribution is 2.25. The van der Waals surface area contributed by atoms with E-state index in [1.807, 2.05) is 66.7 Å². The molecule has 7 nitrogen and oxygen atoms in total. The molecule has 3 aromatic carbocycles. The highest BCUT2D eigenvalue weighted by molar-refractivity contribution is 5.92. The van der Waals surface area contributed by atoms with Crippen molar-refractivity contribution in [3.05, 3.63) is 91.0 Å². The van der Waals surface area contributed by atoms with Gasteiger partial charge >= 0.3 is 0 Å². The van der Waals surface area contributed by atoms with E-state index in [4.69, 9.17) is 9.47 Å². The average Bonchev–Trinajstić information content (AvgIpc) is 2.94. The Hall–Kier alpha value is -4.39. The molecule has 4 aromatic rings. The minimum Gasteiger partial charge on any atom is -0.484 e. The van der Waals surface area contributed by atoms with Crippen molar-refractivity contribution in [2.75, 3.05) is 29.9 Å². The van der Waals surface area contributed by atoms with Crippen LogP contribution in [-0.2, 0) is 4.79 Å². The third-order valence-electron chi connectivity index (χ3n) is 5.95. The van der Waals surface area contributed by atoms with Crippen molar-refractivity contribution >= 4 is 17.4 Å². The molecule has 1 fully saturated rings. The second kappa shape index (κ2) is 11.4. The lowest BCUT2D eigenvalue weighted by Crippen LogP contribution is -2.30. The lowest BCUT2D eigenvalue weighted by molar-refractivity contribution is -0.118. The smallest absolute Gasteiger partial charge is 0.262 e. The van der Waals surface area contributed by atoms with Gasteiger partial charge in [0.2, 0.25) is 0 Å². The van der Waals surface area contributed by atoms with E-state index >= 15 is 0 Å². The van der Waals surface area contributed by atoms with Gasteiger partial charge in [-0.15, -0.1) is 10.2 Å². The molecule has 0 radical (unpaired) electrons. The van der Waals surface area contributed by atoms with Crippen LogP contribution in [0.25, 0.3) is 11.3 Å². The van der Waals surface area contributed by atoms with Crippen LogP contribution in [0.5, 0.6) is 17.2 Å². The first-order chi connectivity index (χ1) is 17.7. The van der Waals surface area contributed by atoms with E-state index in [-0.39, 0.29) is 12.5 Å². The molecule has 0 spiro atoms. The van der Waals surface area contributed by atoms with Crippen LogP contribution in [0.1, 0.15) is 19.3 Å². The molecule has 1 N–H and O–H groups in total. The Bertz CT molecular complexity index is 1270. The third kappa shape index (κ3) is 6.18. The number of hydrogen-bond donors (Lipinski definition) is 1. The lowest BCUT2D eigenvalue weighted by Gasteiger charge is -2.27. The Morgan fingerprint density at radius 3 is 2.28 bits per heavy atom. The number of nitrogens with one attached hydrogen (secondary N) is 1. The van der Waals surface area contributed by atoms with E-state index in [2.05, 4.69) is 20.4 Å². The fourth-order valence-electron chi connectivity index (χ4n) is 4.10. The number of para-hydroxylation sites is 1. The first kappa shape index (κ1) is 23.4. The molecule has 182 valence electrons. The van der Waals surface area contributed by atoms with Crippen LogP contribution in [0, 0.1) is 0 Å². The second-order valence-electron chi connectivity index (χ2n) is 8.63. The second-order valence-corrected chi connectivity index (χ2v) is 8.63. The number of carbonyl (C=O) groups excluding carboxylic acids is 1. The first-order valence-electron chi connectivity index (χ1n) is 12.2. The van der Waals surface area contributed by atoms with Gasteiger partial charge in [0.15, 0.2) is 12.4 Å². The molecule has 1 aliphatic heterocycles. The molecule has 2 heterocycles. The third-order valence-corrected chi connectivity index (χ3v) is 5.95. The Kier molecular flexibility index (Phi) is 7.37. The zero-order chi connectivity index (χ0) is 24.6. The van der Waals surface area contributed by atoms with Crippen molar-refractivity contribution < 1.29 is 14.3 Å². The summed E-state index contributed by atoms with van der Waals surface area (Å²) in [5.41, 5.74) is 2.33. The number of amides is 1. The minimum atomic E-state index is -0.247. The van der Waals surface area contributed by atoms with Crippen LogP contribution in [0.2, 0.25) is 0 Å². The summed E-state index contributed by atoms with van der Waals surface area (Å²) in [7, 11) is 0. The molecule has 7 heteroatoms. The van der Waals surface area contributed by atoms with Crippen molar-refractivity contribution in [3.63, 3.8) is 0 Å². The predicted molar refractivity (Wildman–Crippen MR) is 141 cm³/mol. The molecular formula is C29H28N4O3. The summed E-state index contributed by atoms with van der Waals surface area (Å²) in [5, 5.41) is 11.7. The number of rotatable bonds is 8. The molecule has 1 saturated heterocycles. The quantitative estimate of drug-likeness (QED) is 0.336. The van der Waals surface area contributed by atoms with Crippen molar-refractivity contribution in [1.82, 2.24) is 10.2 Å². The number of nitrogens with zero attached hydrogens (tertiary/aromatic N) is 3. The molecule has 0 atom stereocenters. The van der Waals surface area contributed by atoms with Gasteiger partial charge in [-0.1, -0.05) is 30.3 Å². The molecule has 0 aliphatic carbocycles.